The summed E-state index contributed by atoms with van der Waals surface area (Å²) in [6.45, 7) is 0. The standard InChI is InChI=1S/C24H16F6N2O6S2/c25-23(26,27)37-17-5-9-19(10-6-17)39(33,34)31-21-13-15-3-1-2-4-16(15)14-22(21)32-40(35,36)20-11-7-18(8-12-20)38-24(28,29)30/h1-14,31-32H. The maximum Gasteiger partial charge on any atom is 0.573 e. The summed E-state index contributed by atoms with van der Waals surface area (Å²) in [5.41, 5.74) is -0.482. The summed E-state index contributed by atoms with van der Waals surface area (Å²) in [5, 5.41) is 1.01. The SMILES string of the molecule is O=S(=O)(Nc1cc2ccccc2cc1NS(=O)(=O)c1ccc(OC(F)(F)F)cc1)c1ccc(OC(F)(F)F)cc1. The van der Waals surface area contributed by atoms with E-state index in [1.807, 2.05) is 0 Å². The van der Waals surface area contributed by atoms with Crippen molar-refractivity contribution in [3.05, 3.63) is 84.9 Å². The molecule has 0 aliphatic carbocycles. The molecule has 0 unspecified atom stereocenters. The molecule has 0 aliphatic rings. The Morgan fingerprint density at radius 1 is 0.525 bits per heavy atom. The number of hydrogen-bond donors (Lipinski definition) is 2. The Hall–Kier alpha value is -4.18. The molecule has 8 nitrogen and oxygen atoms in total. The van der Waals surface area contributed by atoms with E-state index in [1.165, 1.54) is 12.1 Å². The molecule has 0 aliphatic heterocycles. The van der Waals surface area contributed by atoms with E-state index in [9.17, 15) is 43.2 Å². The Kier molecular flexibility index (Phi) is 7.51. The van der Waals surface area contributed by atoms with Crippen LogP contribution in [0, 0.1) is 0 Å². The number of halogens is 6. The van der Waals surface area contributed by atoms with Crippen LogP contribution in [0.15, 0.2) is 94.7 Å². The molecule has 4 aromatic rings. The lowest BCUT2D eigenvalue weighted by Crippen LogP contribution is -2.19. The third-order valence-electron chi connectivity index (χ3n) is 5.11. The number of rotatable bonds is 8. The van der Waals surface area contributed by atoms with Gasteiger partial charge in [0.05, 0.1) is 21.2 Å². The van der Waals surface area contributed by atoms with Gasteiger partial charge in [-0.25, -0.2) is 16.8 Å². The molecule has 0 saturated carbocycles. The molecule has 4 rings (SSSR count). The number of fused-ring (bicyclic) bond motifs is 1. The quantitative estimate of drug-likeness (QED) is 0.230. The lowest BCUT2D eigenvalue weighted by Gasteiger charge is -2.17. The van der Waals surface area contributed by atoms with Crippen molar-refractivity contribution in [1.29, 1.82) is 0 Å². The van der Waals surface area contributed by atoms with E-state index < -0.39 is 54.1 Å². The smallest absolute Gasteiger partial charge is 0.406 e. The van der Waals surface area contributed by atoms with Crippen molar-refractivity contribution in [3.8, 4) is 11.5 Å². The largest absolute Gasteiger partial charge is 0.573 e. The third kappa shape index (κ3) is 7.26. The summed E-state index contributed by atoms with van der Waals surface area (Å²) in [7, 11) is -8.91. The van der Waals surface area contributed by atoms with Crippen LogP contribution in [-0.2, 0) is 20.0 Å². The number of nitrogens with one attached hydrogen (secondary N) is 2. The molecule has 0 radical (unpaired) electrons. The highest BCUT2D eigenvalue weighted by atomic mass is 32.2. The average molecular weight is 607 g/mol. The van der Waals surface area contributed by atoms with E-state index in [2.05, 4.69) is 18.9 Å². The molecule has 0 fully saturated rings. The van der Waals surface area contributed by atoms with Crippen molar-refractivity contribution in [1.82, 2.24) is 0 Å². The highest BCUT2D eigenvalue weighted by molar-refractivity contribution is 7.93. The Morgan fingerprint density at radius 3 is 1.15 bits per heavy atom. The number of alkyl halides is 6. The molecule has 2 N–H and O–H groups in total. The third-order valence-corrected chi connectivity index (χ3v) is 7.87. The zero-order valence-corrected chi connectivity index (χ0v) is 21.2. The van der Waals surface area contributed by atoms with Gasteiger partial charge in [0.1, 0.15) is 11.5 Å². The fourth-order valence-corrected chi connectivity index (χ4v) is 5.60. The van der Waals surface area contributed by atoms with Crippen LogP contribution in [0.4, 0.5) is 37.7 Å². The van der Waals surface area contributed by atoms with E-state index in [4.69, 9.17) is 0 Å². The van der Waals surface area contributed by atoms with Crippen molar-refractivity contribution in [3.63, 3.8) is 0 Å². The van der Waals surface area contributed by atoms with Gasteiger partial charge >= 0.3 is 12.7 Å². The topological polar surface area (TPSA) is 111 Å². The van der Waals surface area contributed by atoms with Gasteiger partial charge in [0.25, 0.3) is 20.0 Å². The molecule has 16 heteroatoms. The van der Waals surface area contributed by atoms with E-state index >= 15 is 0 Å². The average Bonchev–Trinajstić information content (AvgIpc) is 2.83. The summed E-state index contributed by atoms with van der Waals surface area (Å²) in [4.78, 5) is -0.909. The maximum atomic E-state index is 13.0. The lowest BCUT2D eigenvalue weighted by molar-refractivity contribution is -0.275. The first-order valence-corrected chi connectivity index (χ1v) is 13.8. The Morgan fingerprint density at radius 2 is 0.850 bits per heavy atom. The van der Waals surface area contributed by atoms with Crippen LogP contribution in [0.1, 0.15) is 0 Å². The normalized spacial score (nSPS) is 12.7. The van der Waals surface area contributed by atoms with Gasteiger partial charge in [-0.1, -0.05) is 24.3 Å². The Bertz CT molecular complexity index is 1610. The van der Waals surface area contributed by atoms with Gasteiger partial charge in [0.15, 0.2) is 0 Å². The molecule has 0 saturated heterocycles. The van der Waals surface area contributed by atoms with Crippen molar-refractivity contribution in [2.75, 3.05) is 9.44 Å². The van der Waals surface area contributed by atoms with Crippen molar-refractivity contribution >= 4 is 42.2 Å². The van der Waals surface area contributed by atoms with Crippen molar-refractivity contribution < 1.29 is 52.7 Å². The number of hydrogen-bond acceptors (Lipinski definition) is 6. The van der Waals surface area contributed by atoms with Crippen LogP contribution in [0.2, 0.25) is 0 Å². The van der Waals surface area contributed by atoms with Crippen LogP contribution in [0.3, 0.4) is 0 Å². The van der Waals surface area contributed by atoms with E-state index in [0.29, 0.717) is 10.8 Å². The minimum absolute atomic E-state index is 0.241. The summed E-state index contributed by atoms with van der Waals surface area (Å²) in [5.74, 6) is -1.31. The first kappa shape index (κ1) is 28.8. The number of sulfonamides is 2. The van der Waals surface area contributed by atoms with Crippen LogP contribution >= 0.6 is 0 Å². The minimum atomic E-state index is -4.98. The molecule has 0 aromatic heterocycles. The molecule has 0 atom stereocenters. The highest BCUT2D eigenvalue weighted by Gasteiger charge is 2.32. The summed E-state index contributed by atoms with van der Waals surface area (Å²) in [6.07, 6.45) is -9.97. The highest BCUT2D eigenvalue weighted by Crippen LogP contribution is 2.33. The van der Waals surface area contributed by atoms with Gasteiger partial charge in [-0.05, 0) is 71.4 Å². The summed E-state index contributed by atoms with van der Waals surface area (Å²) in [6, 6.07) is 15.8. The fraction of sp³-hybridized carbons (Fsp3) is 0.0833. The number of benzene rings is 4. The molecule has 0 amide bonds. The predicted molar refractivity (Wildman–Crippen MR) is 132 cm³/mol. The Labute approximate surface area is 223 Å². The van der Waals surface area contributed by atoms with Gasteiger partial charge < -0.3 is 9.47 Å². The lowest BCUT2D eigenvalue weighted by atomic mass is 10.1. The zero-order valence-electron chi connectivity index (χ0n) is 19.6. The molecule has 40 heavy (non-hydrogen) atoms. The van der Waals surface area contributed by atoms with Crippen molar-refractivity contribution in [2.45, 2.75) is 22.5 Å². The molecule has 212 valence electrons. The van der Waals surface area contributed by atoms with E-state index in [0.717, 1.165) is 48.5 Å². The monoisotopic (exact) mass is 606 g/mol. The molecular formula is C24H16F6N2O6S2. The van der Waals surface area contributed by atoms with E-state index in [-0.39, 0.29) is 11.4 Å². The predicted octanol–water partition coefficient (Wildman–Crippen LogP) is 6.24. The zero-order chi connectivity index (χ0) is 29.3. The summed E-state index contributed by atoms with van der Waals surface area (Å²) >= 11 is 0. The van der Waals surface area contributed by atoms with Gasteiger partial charge in [-0.2, -0.15) is 0 Å². The molecule has 0 spiro atoms. The molecule has 4 aromatic carbocycles. The Balaban J connectivity index is 1.67. The van der Waals surface area contributed by atoms with Gasteiger partial charge in [0, 0.05) is 0 Å². The molecule has 0 bridgehead atoms. The first-order chi connectivity index (χ1) is 18.5. The van der Waals surface area contributed by atoms with Gasteiger partial charge in [-0.15, -0.1) is 26.3 Å². The molecular weight excluding hydrogens is 590 g/mol. The van der Waals surface area contributed by atoms with Crippen LogP contribution in [-0.4, -0.2) is 29.6 Å². The number of ether oxygens (including phenoxy) is 2. The van der Waals surface area contributed by atoms with E-state index in [1.54, 1.807) is 24.3 Å². The maximum absolute atomic E-state index is 13.0. The van der Waals surface area contributed by atoms with Gasteiger partial charge in [-0.3, -0.25) is 9.44 Å². The van der Waals surface area contributed by atoms with Gasteiger partial charge in [0.2, 0.25) is 0 Å². The minimum Gasteiger partial charge on any atom is -0.406 e. The van der Waals surface area contributed by atoms with Crippen LogP contribution in [0.25, 0.3) is 10.8 Å². The first-order valence-electron chi connectivity index (χ1n) is 10.8. The van der Waals surface area contributed by atoms with Crippen LogP contribution in [0.5, 0.6) is 11.5 Å². The summed E-state index contributed by atoms with van der Waals surface area (Å²) < 4.78 is 138. The second-order valence-electron chi connectivity index (χ2n) is 7.99. The number of anilines is 2. The second-order valence-corrected chi connectivity index (χ2v) is 11.4. The molecule has 0 heterocycles. The second kappa shape index (κ2) is 10.4. The van der Waals surface area contributed by atoms with Crippen molar-refractivity contribution in [2.24, 2.45) is 0 Å². The fourth-order valence-electron chi connectivity index (χ4n) is 3.46. The van der Waals surface area contributed by atoms with Crippen LogP contribution < -0.4 is 18.9 Å².